The van der Waals surface area contributed by atoms with Crippen molar-refractivity contribution in [2.45, 2.75) is 45.3 Å². The van der Waals surface area contributed by atoms with Crippen LogP contribution in [0, 0.1) is 0 Å². The molecule has 1 aromatic carbocycles. The van der Waals surface area contributed by atoms with Crippen LogP contribution in [-0.2, 0) is 9.53 Å². The first kappa shape index (κ1) is 17.9. The largest absolute Gasteiger partial charge is 0.444 e. The van der Waals surface area contributed by atoms with Crippen LogP contribution in [0.3, 0.4) is 0 Å². The molecule has 0 saturated carbocycles. The number of fused-ring (bicyclic) bond motifs is 1. The number of benzene rings is 1. The van der Waals surface area contributed by atoms with Crippen molar-refractivity contribution in [1.82, 2.24) is 15.3 Å². The second-order valence-corrected chi connectivity index (χ2v) is 7.30. The summed E-state index contributed by atoms with van der Waals surface area (Å²) in [5, 5.41) is 0.707. The molecule has 1 fully saturated rings. The van der Waals surface area contributed by atoms with Crippen molar-refractivity contribution in [1.29, 1.82) is 0 Å². The summed E-state index contributed by atoms with van der Waals surface area (Å²) in [6.45, 7) is 5.62. The Labute approximate surface area is 151 Å². The topological polar surface area (TPSA) is 96.0 Å². The quantitative estimate of drug-likeness (QED) is 0.811. The van der Waals surface area contributed by atoms with Gasteiger partial charge in [0.05, 0.1) is 11.1 Å². The maximum absolute atomic E-state index is 12.6. The number of nitrogens with zero attached hydrogens (tertiary/aromatic N) is 2. The van der Waals surface area contributed by atoms with Gasteiger partial charge in [0.15, 0.2) is 0 Å². The second kappa shape index (κ2) is 6.44. The number of amides is 4. The van der Waals surface area contributed by atoms with Gasteiger partial charge < -0.3 is 4.74 Å². The van der Waals surface area contributed by atoms with Crippen LogP contribution in [-0.4, -0.2) is 51.9 Å². The predicted octanol–water partition coefficient (Wildman–Crippen LogP) is 1.71. The number of carbonyl (C=O) groups excluding carboxylic acids is 4. The van der Waals surface area contributed by atoms with Gasteiger partial charge in [-0.25, -0.2) is 4.79 Å². The Morgan fingerprint density at radius 1 is 1.12 bits per heavy atom. The van der Waals surface area contributed by atoms with E-state index in [4.69, 9.17) is 4.74 Å². The normalized spacial score (nSPS) is 19.6. The smallest absolute Gasteiger partial charge is 0.410 e. The molecule has 1 aromatic rings. The van der Waals surface area contributed by atoms with Crippen LogP contribution < -0.4 is 5.43 Å². The molecule has 8 nitrogen and oxygen atoms in total. The molecule has 0 bridgehead atoms. The maximum atomic E-state index is 12.6. The fourth-order valence-electron chi connectivity index (χ4n) is 3.05. The molecule has 0 aliphatic carbocycles. The molecule has 138 valence electrons. The molecule has 0 aromatic heterocycles. The predicted molar refractivity (Wildman–Crippen MR) is 91.0 cm³/mol. The highest BCUT2D eigenvalue weighted by Crippen LogP contribution is 2.23. The lowest BCUT2D eigenvalue weighted by molar-refractivity contribution is -0.128. The van der Waals surface area contributed by atoms with Crippen molar-refractivity contribution in [3.63, 3.8) is 0 Å². The molecule has 1 saturated heterocycles. The lowest BCUT2D eigenvalue weighted by Gasteiger charge is -2.28. The molecule has 0 radical (unpaired) electrons. The van der Waals surface area contributed by atoms with Gasteiger partial charge >= 0.3 is 6.09 Å². The van der Waals surface area contributed by atoms with E-state index in [2.05, 4.69) is 5.43 Å². The summed E-state index contributed by atoms with van der Waals surface area (Å²) in [4.78, 5) is 50.9. The first-order chi connectivity index (χ1) is 12.2. The molecule has 2 aliphatic rings. The van der Waals surface area contributed by atoms with Crippen molar-refractivity contribution < 1.29 is 23.9 Å². The summed E-state index contributed by atoms with van der Waals surface area (Å²) in [5.74, 6) is -1.75. The fourth-order valence-corrected chi connectivity index (χ4v) is 3.05. The van der Waals surface area contributed by atoms with Crippen LogP contribution in [0.25, 0.3) is 0 Å². The Hall–Kier alpha value is -2.90. The van der Waals surface area contributed by atoms with Crippen molar-refractivity contribution in [3.05, 3.63) is 35.4 Å². The number of ether oxygens (including phenoxy) is 1. The third-order valence-electron chi connectivity index (χ3n) is 4.20. The van der Waals surface area contributed by atoms with Gasteiger partial charge in [0, 0.05) is 6.54 Å². The molecule has 4 amide bonds. The molecular formula is C18H21N3O5. The summed E-state index contributed by atoms with van der Waals surface area (Å²) in [6.07, 6.45) is 0.491. The van der Waals surface area contributed by atoms with E-state index in [9.17, 15) is 19.2 Å². The SMILES string of the molecule is CC(C)(C)OC(=O)N1CCC[C@@H]1C(=O)NN1C(=O)c2ccccc2C1=O. The van der Waals surface area contributed by atoms with Crippen LogP contribution in [0.1, 0.15) is 54.3 Å². The average molecular weight is 359 g/mol. The summed E-state index contributed by atoms with van der Waals surface area (Å²) in [7, 11) is 0. The lowest BCUT2D eigenvalue weighted by atomic mass is 10.1. The molecule has 1 N–H and O–H groups in total. The van der Waals surface area contributed by atoms with E-state index in [1.165, 1.54) is 17.0 Å². The van der Waals surface area contributed by atoms with Crippen LogP contribution >= 0.6 is 0 Å². The zero-order chi connectivity index (χ0) is 19.1. The van der Waals surface area contributed by atoms with E-state index in [0.29, 0.717) is 24.4 Å². The van der Waals surface area contributed by atoms with Crippen molar-refractivity contribution in [2.75, 3.05) is 6.54 Å². The Morgan fingerprint density at radius 2 is 1.69 bits per heavy atom. The number of nitrogens with one attached hydrogen (secondary N) is 1. The summed E-state index contributed by atoms with van der Waals surface area (Å²) >= 11 is 0. The molecule has 3 rings (SSSR count). The lowest BCUT2D eigenvalue weighted by Crippen LogP contribution is -2.54. The zero-order valence-corrected chi connectivity index (χ0v) is 14.9. The highest BCUT2D eigenvalue weighted by molar-refractivity contribution is 6.21. The maximum Gasteiger partial charge on any atom is 0.410 e. The molecule has 0 spiro atoms. The van der Waals surface area contributed by atoms with Crippen molar-refractivity contribution in [2.24, 2.45) is 0 Å². The van der Waals surface area contributed by atoms with Crippen LogP contribution in [0.15, 0.2) is 24.3 Å². The van der Waals surface area contributed by atoms with Gasteiger partial charge in [-0.2, -0.15) is 5.01 Å². The van der Waals surface area contributed by atoms with E-state index in [0.717, 1.165) is 0 Å². The summed E-state index contributed by atoms with van der Waals surface area (Å²) < 4.78 is 5.32. The number of rotatable bonds is 2. The minimum Gasteiger partial charge on any atom is -0.444 e. The Kier molecular flexibility index (Phi) is 4.43. The van der Waals surface area contributed by atoms with Crippen molar-refractivity contribution in [3.8, 4) is 0 Å². The van der Waals surface area contributed by atoms with Gasteiger partial charge in [-0.1, -0.05) is 12.1 Å². The third-order valence-corrected chi connectivity index (χ3v) is 4.20. The number of hydrogen-bond donors (Lipinski definition) is 1. The minimum absolute atomic E-state index is 0.244. The first-order valence-corrected chi connectivity index (χ1v) is 8.47. The molecular weight excluding hydrogens is 338 g/mol. The van der Waals surface area contributed by atoms with Gasteiger partial charge in [0.1, 0.15) is 11.6 Å². The molecule has 8 heteroatoms. The number of imide groups is 1. The number of likely N-dealkylation sites (tertiary alicyclic amines) is 1. The van der Waals surface area contributed by atoms with Crippen LogP contribution in [0.5, 0.6) is 0 Å². The van der Waals surface area contributed by atoms with Crippen molar-refractivity contribution >= 4 is 23.8 Å². The molecule has 0 unspecified atom stereocenters. The Morgan fingerprint density at radius 3 is 2.23 bits per heavy atom. The van der Waals surface area contributed by atoms with Gasteiger partial charge in [-0.3, -0.25) is 24.7 Å². The number of hydrogen-bond acceptors (Lipinski definition) is 5. The molecule has 1 atom stereocenters. The highest BCUT2D eigenvalue weighted by Gasteiger charge is 2.41. The van der Waals surface area contributed by atoms with Crippen LogP contribution in [0.2, 0.25) is 0 Å². The van der Waals surface area contributed by atoms with E-state index in [1.54, 1.807) is 32.9 Å². The van der Waals surface area contributed by atoms with Gasteiger partial charge in [0.25, 0.3) is 17.7 Å². The number of hydrazine groups is 1. The van der Waals surface area contributed by atoms with Crippen LogP contribution in [0.4, 0.5) is 4.79 Å². The molecule has 2 aliphatic heterocycles. The molecule has 2 heterocycles. The standard InChI is InChI=1S/C18H21N3O5/c1-18(2,3)26-17(25)20-10-6-9-13(20)14(22)19-21-15(23)11-7-4-5-8-12(11)16(21)24/h4-5,7-8,13H,6,9-10H2,1-3H3,(H,19,22)/t13-/m1/s1. The highest BCUT2D eigenvalue weighted by atomic mass is 16.6. The van der Waals surface area contributed by atoms with E-state index in [1.807, 2.05) is 0 Å². The van der Waals surface area contributed by atoms with E-state index < -0.39 is 35.5 Å². The fraction of sp³-hybridized carbons (Fsp3) is 0.444. The van der Waals surface area contributed by atoms with E-state index >= 15 is 0 Å². The summed E-state index contributed by atoms with van der Waals surface area (Å²) in [6, 6.07) is 5.58. The number of carbonyl (C=O) groups is 4. The Bertz CT molecular complexity index is 748. The Balaban J connectivity index is 1.71. The van der Waals surface area contributed by atoms with Gasteiger partial charge in [0.2, 0.25) is 0 Å². The minimum atomic E-state index is -0.783. The molecule has 26 heavy (non-hydrogen) atoms. The average Bonchev–Trinajstić information content (AvgIpc) is 3.14. The first-order valence-electron chi connectivity index (χ1n) is 8.47. The second-order valence-electron chi connectivity index (χ2n) is 7.30. The van der Waals surface area contributed by atoms with Gasteiger partial charge in [-0.05, 0) is 45.7 Å². The van der Waals surface area contributed by atoms with E-state index in [-0.39, 0.29) is 11.1 Å². The van der Waals surface area contributed by atoms with Gasteiger partial charge in [-0.15, -0.1) is 0 Å². The third kappa shape index (κ3) is 3.26. The zero-order valence-electron chi connectivity index (χ0n) is 14.9. The summed E-state index contributed by atoms with van der Waals surface area (Å²) in [5.41, 5.74) is 2.17. The monoisotopic (exact) mass is 359 g/mol.